The Labute approximate surface area is 114 Å². The van der Waals surface area contributed by atoms with E-state index in [1.165, 1.54) is 5.56 Å². The van der Waals surface area contributed by atoms with Crippen molar-refractivity contribution in [1.82, 2.24) is 9.88 Å². The van der Waals surface area contributed by atoms with Crippen molar-refractivity contribution >= 4 is 11.1 Å². The van der Waals surface area contributed by atoms with Crippen LogP contribution in [0, 0.1) is 6.92 Å². The summed E-state index contributed by atoms with van der Waals surface area (Å²) in [5, 5.41) is 0. The molecule has 4 heteroatoms. The second kappa shape index (κ2) is 5.31. The van der Waals surface area contributed by atoms with Gasteiger partial charge in [-0.05, 0) is 51.6 Å². The van der Waals surface area contributed by atoms with E-state index in [0.29, 0.717) is 12.4 Å². The first-order valence-electron chi connectivity index (χ1n) is 6.70. The van der Waals surface area contributed by atoms with Crippen LogP contribution in [0.3, 0.4) is 0 Å². The molecule has 0 atom stereocenters. The van der Waals surface area contributed by atoms with Crippen molar-refractivity contribution in [2.45, 2.75) is 39.3 Å². The molecule has 2 N–H and O–H groups in total. The lowest BCUT2D eigenvalue weighted by Gasteiger charge is -2.35. The monoisotopic (exact) mass is 261 g/mol. The largest absolute Gasteiger partial charge is 0.441 e. The molecule has 0 unspecified atom stereocenters. The Bertz CT molecular complexity index is 560. The fourth-order valence-corrected chi connectivity index (χ4v) is 2.22. The molecule has 19 heavy (non-hydrogen) atoms. The van der Waals surface area contributed by atoms with Gasteiger partial charge < -0.3 is 10.2 Å². The maximum atomic E-state index is 5.67. The second-order valence-corrected chi connectivity index (χ2v) is 5.74. The predicted molar refractivity (Wildman–Crippen MR) is 78.0 cm³/mol. The first-order valence-corrected chi connectivity index (χ1v) is 6.70. The highest BCUT2D eigenvalue weighted by atomic mass is 16.3. The Morgan fingerprint density at radius 3 is 2.79 bits per heavy atom. The van der Waals surface area contributed by atoms with E-state index in [2.05, 4.69) is 42.9 Å². The van der Waals surface area contributed by atoms with Gasteiger partial charge in [-0.15, -0.1) is 0 Å². The molecule has 0 bridgehead atoms. The van der Waals surface area contributed by atoms with E-state index < -0.39 is 0 Å². The third-order valence-corrected chi connectivity index (χ3v) is 3.77. The SMILES string of the molecule is Cc1nc2cc(CN(C)C(C)(C)CCN)ccc2o1. The molecule has 2 aromatic rings. The van der Waals surface area contributed by atoms with E-state index >= 15 is 0 Å². The Morgan fingerprint density at radius 2 is 2.11 bits per heavy atom. The van der Waals surface area contributed by atoms with E-state index in [4.69, 9.17) is 10.2 Å². The van der Waals surface area contributed by atoms with Gasteiger partial charge in [0.1, 0.15) is 5.52 Å². The van der Waals surface area contributed by atoms with E-state index in [9.17, 15) is 0 Å². The number of nitrogens with two attached hydrogens (primary N) is 1. The van der Waals surface area contributed by atoms with Crippen LogP contribution in [0.25, 0.3) is 11.1 Å². The standard InChI is InChI=1S/C15H23N3O/c1-11-17-13-9-12(5-6-14(13)19-11)10-18(4)15(2,3)7-8-16/h5-6,9H,7-8,10,16H2,1-4H3. The highest BCUT2D eigenvalue weighted by molar-refractivity contribution is 5.73. The van der Waals surface area contributed by atoms with E-state index in [-0.39, 0.29) is 5.54 Å². The summed E-state index contributed by atoms with van der Waals surface area (Å²) in [6.07, 6.45) is 0.981. The molecule has 0 fully saturated rings. The molecule has 1 aromatic carbocycles. The number of aromatic nitrogens is 1. The summed E-state index contributed by atoms with van der Waals surface area (Å²) < 4.78 is 5.49. The van der Waals surface area contributed by atoms with Crippen molar-refractivity contribution in [2.75, 3.05) is 13.6 Å². The Kier molecular flexibility index (Phi) is 3.92. The number of aryl methyl sites for hydroxylation is 1. The summed E-state index contributed by atoms with van der Waals surface area (Å²) in [7, 11) is 2.13. The van der Waals surface area contributed by atoms with Crippen LogP contribution >= 0.6 is 0 Å². The first-order chi connectivity index (χ1) is 8.92. The number of nitrogens with zero attached hydrogens (tertiary/aromatic N) is 2. The molecule has 0 saturated heterocycles. The Morgan fingerprint density at radius 1 is 1.37 bits per heavy atom. The van der Waals surface area contributed by atoms with E-state index in [1.54, 1.807) is 0 Å². The minimum absolute atomic E-state index is 0.101. The lowest BCUT2D eigenvalue weighted by Crippen LogP contribution is -2.42. The third kappa shape index (κ3) is 3.14. The molecule has 0 saturated carbocycles. The van der Waals surface area contributed by atoms with Crippen LogP contribution in [-0.4, -0.2) is 29.0 Å². The normalized spacial score (nSPS) is 12.5. The molecule has 1 aromatic heterocycles. The van der Waals surface area contributed by atoms with Crippen molar-refractivity contribution in [3.63, 3.8) is 0 Å². The second-order valence-electron chi connectivity index (χ2n) is 5.74. The summed E-state index contributed by atoms with van der Waals surface area (Å²) >= 11 is 0. The highest BCUT2D eigenvalue weighted by Crippen LogP contribution is 2.22. The Balaban J connectivity index is 2.16. The summed E-state index contributed by atoms with van der Waals surface area (Å²) in [4.78, 5) is 6.70. The van der Waals surface area contributed by atoms with Gasteiger partial charge in [-0.1, -0.05) is 6.07 Å². The number of rotatable bonds is 5. The van der Waals surface area contributed by atoms with Gasteiger partial charge in [0.05, 0.1) is 0 Å². The van der Waals surface area contributed by atoms with Crippen LogP contribution in [0.1, 0.15) is 31.7 Å². The Hall–Kier alpha value is -1.39. The topological polar surface area (TPSA) is 55.3 Å². The molecule has 0 spiro atoms. The zero-order chi connectivity index (χ0) is 14.0. The molecule has 2 rings (SSSR count). The quantitative estimate of drug-likeness (QED) is 0.899. The van der Waals surface area contributed by atoms with E-state index in [1.807, 2.05) is 13.0 Å². The molecular weight excluding hydrogens is 238 g/mol. The van der Waals surface area contributed by atoms with Crippen LogP contribution in [-0.2, 0) is 6.54 Å². The van der Waals surface area contributed by atoms with Gasteiger partial charge in [-0.25, -0.2) is 4.98 Å². The van der Waals surface area contributed by atoms with Gasteiger partial charge in [0.15, 0.2) is 11.5 Å². The van der Waals surface area contributed by atoms with Crippen molar-refractivity contribution in [2.24, 2.45) is 5.73 Å². The van der Waals surface area contributed by atoms with E-state index in [0.717, 1.165) is 24.1 Å². The van der Waals surface area contributed by atoms with Crippen LogP contribution in [0.2, 0.25) is 0 Å². The smallest absolute Gasteiger partial charge is 0.192 e. The zero-order valence-corrected chi connectivity index (χ0v) is 12.2. The molecule has 1 heterocycles. The minimum atomic E-state index is 0.101. The zero-order valence-electron chi connectivity index (χ0n) is 12.2. The van der Waals surface area contributed by atoms with Crippen molar-refractivity contribution < 1.29 is 4.42 Å². The number of fused-ring (bicyclic) bond motifs is 1. The summed E-state index contributed by atoms with van der Waals surface area (Å²) in [6, 6.07) is 6.19. The molecule has 0 aliphatic rings. The first kappa shape index (κ1) is 14.0. The molecule has 0 radical (unpaired) electrons. The van der Waals surface area contributed by atoms with Crippen LogP contribution in [0.15, 0.2) is 22.6 Å². The van der Waals surface area contributed by atoms with Crippen LogP contribution < -0.4 is 5.73 Å². The molecule has 104 valence electrons. The number of oxazole rings is 1. The van der Waals surface area contributed by atoms with Gasteiger partial charge >= 0.3 is 0 Å². The van der Waals surface area contributed by atoms with Crippen molar-refractivity contribution in [1.29, 1.82) is 0 Å². The number of benzene rings is 1. The summed E-state index contributed by atoms with van der Waals surface area (Å²) in [6.45, 7) is 7.90. The fourth-order valence-electron chi connectivity index (χ4n) is 2.22. The maximum absolute atomic E-state index is 5.67. The van der Waals surface area contributed by atoms with Crippen molar-refractivity contribution in [3.8, 4) is 0 Å². The van der Waals surface area contributed by atoms with Crippen molar-refractivity contribution in [3.05, 3.63) is 29.7 Å². The average Bonchev–Trinajstić information content (AvgIpc) is 2.68. The lowest BCUT2D eigenvalue weighted by atomic mass is 9.98. The maximum Gasteiger partial charge on any atom is 0.192 e. The molecule has 0 aliphatic carbocycles. The van der Waals surface area contributed by atoms with Crippen LogP contribution in [0.4, 0.5) is 0 Å². The van der Waals surface area contributed by atoms with Crippen LogP contribution in [0.5, 0.6) is 0 Å². The number of hydrogen-bond donors (Lipinski definition) is 1. The molecule has 4 nitrogen and oxygen atoms in total. The average molecular weight is 261 g/mol. The van der Waals surface area contributed by atoms with Gasteiger partial charge in [-0.3, -0.25) is 4.90 Å². The predicted octanol–water partition coefficient (Wildman–Crippen LogP) is 2.70. The van der Waals surface area contributed by atoms with Gasteiger partial charge in [0.25, 0.3) is 0 Å². The fraction of sp³-hybridized carbons (Fsp3) is 0.533. The highest BCUT2D eigenvalue weighted by Gasteiger charge is 2.22. The number of hydrogen-bond acceptors (Lipinski definition) is 4. The van der Waals surface area contributed by atoms with Gasteiger partial charge in [0.2, 0.25) is 0 Å². The van der Waals surface area contributed by atoms with Gasteiger partial charge in [0, 0.05) is 19.0 Å². The minimum Gasteiger partial charge on any atom is -0.441 e. The third-order valence-electron chi connectivity index (χ3n) is 3.77. The summed E-state index contributed by atoms with van der Waals surface area (Å²) in [5.74, 6) is 0.712. The lowest BCUT2D eigenvalue weighted by molar-refractivity contribution is 0.140. The molecule has 0 aliphatic heterocycles. The summed E-state index contributed by atoms with van der Waals surface area (Å²) in [5.41, 5.74) is 8.80. The van der Waals surface area contributed by atoms with Gasteiger partial charge in [-0.2, -0.15) is 0 Å². The molecule has 0 amide bonds. The molecular formula is C15H23N3O.